The molecule has 0 heterocycles. The Morgan fingerprint density at radius 1 is 1.35 bits per heavy atom. The minimum Gasteiger partial charge on any atom is -0.364 e. The molecule has 0 aromatic heterocycles. The third-order valence-corrected chi connectivity index (χ3v) is 2.66. The van der Waals surface area contributed by atoms with Gasteiger partial charge in [-0.2, -0.15) is 0 Å². The number of ether oxygens (including phenoxy) is 1. The first-order chi connectivity index (χ1) is 8.13. The van der Waals surface area contributed by atoms with E-state index in [9.17, 15) is 4.79 Å². The topological polar surface area (TPSA) is 50.4 Å². The monoisotopic (exact) mass is 276 g/mol. The van der Waals surface area contributed by atoms with Crippen molar-refractivity contribution in [3.8, 4) is 0 Å². The van der Waals surface area contributed by atoms with Gasteiger partial charge in [0, 0.05) is 23.7 Å². The van der Waals surface area contributed by atoms with E-state index in [1.165, 1.54) is 7.11 Å². The second kappa shape index (κ2) is 7.37. The minimum absolute atomic E-state index is 0.188. The summed E-state index contributed by atoms with van der Waals surface area (Å²) in [5, 5.41) is 6.41. The van der Waals surface area contributed by atoms with Crippen molar-refractivity contribution < 1.29 is 9.53 Å². The Hall–Kier alpha value is -0.970. The molecule has 0 spiro atoms. The van der Waals surface area contributed by atoms with Crippen molar-refractivity contribution in [2.45, 2.75) is 6.42 Å². The zero-order valence-electron chi connectivity index (χ0n) is 9.43. The number of benzene rings is 1. The van der Waals surface area contributed by atoms with E-state index in [1.807, 2.05) is 6.07 Å². The Bertz CT molecular complexity index is 386. The fourth-order valence-electron chi connectivity index (χ4n) is 1.24. The van der Waals surface area contributed by atoms with Gasteiger partial charge in [-0.05, 0) is 24.1 Å². The van der Waals surface area contributed by atoms with E-state index >= 15 is 0 Å². The van der Waals surface area contributed by atoms with Gasteiger partial charge >= 0.3 is 6.03 Å². The van der Waals surface area contributed by atoms with Crippen LogP contribution in [-0.4, -0.2) is 26.4 Å². The van der Waals surface area contributed by atoms with Crippen molar-refractivity contribution in [1.82, 2.24) is 10.6 Å². The zero-order chi connectivity index (χ0) is 12.7. The maximum absolute atomic E-state index is 11.2. The van der Waals surface area contributed by atoms with Crippen molar-refractivity contribution >= 4 is 29.2 Å². The van der Waals surface area contributed by atoms with Gasteiger partial charge in [0.25, 0.3) is 0 Å². The van der Waals surface area contributed by atoms with Gasteiger partial charge in [0.2, 0.25) is 0 Å². The summed E-state index contributed by atoms with van der Waals surface area (Å²) in [6.07, 6.45) is 0.649. The van der Waals surface area contributed by atoms with E-state index in [1.54, 1.807) is 12.1 Å². The van der Waals surface area contributed by atoms with Gasteiger partial charge in [0.15, 0.2) is 0 Å². The lowest BCUT2D eigenvalue weighted by molar-refractivity contribution is 0.172. The van der Waals surface area contributed by atoms with E-state index in [0.29, 0.717) is 23.0 Å². The van der Waals surface area contributed by atoms with E-state index < -0.39 is 0 Å². The smallest absolute Gasteiger partial charge is 0.316 e. The van der Waals surface area contributed by atoms with Gasteiger partial charge < -0.3 is 15.4 Å². The highest BCUT2D eigenvalue weighted by Gasteiger charge is 2.02. The van der Waals surface area contributed by atoms with Crippen molar-refractivity contribution in [2.24, 2.45) is 0 Å². The molecule has 17 heavy (non-hydrogen) atoms. The first-order valence-corrected chi connectivity index (χ1v) is 5.83. The number of carbonyl (C=O) groups is 1. The first kappa shape index (κ1) is 14.1. The van der Waals surface area contributed by atoms with Crippen LogP contribution in [0.5, 0.6) is 0 Å². The summed E-state index contributed by atoms with van der Waals surface area (Å²) >= 11 is 11.8. The summed E-state index contributed by atoms with van der Waals surface area (Å²) < 4.78 is 4.70. The number of urea groups is 1. The summed E-state index contributed by atoms with van der Waals surface area (Å²) in [4.78, 5) is 11.2. The molecule has 6 heteroatoms. The van der Waals surface area contributed by atoms with Gasteiger partial charge in [-0.25, -0.2) is 4.79 Å². The average Bonchev–Trinajstić information content (AvgIpc) is 2.29. The van der Waals surface area contributed by atoms with Crippen LogP contribution >= 0.6 is 23.2 Å². The van der Waals surface area contributed by atoms with Crippen molar-refractivity contribution in [3.63, 3.8) is 0 Å². The quantitative estimate of drug-likeness (QED) is 0.812. The maximum Gasteiger partial charge on any atom is 0.316 e. The number of methoxy groups -OCH3 is 1. The molecule has 0 bridgehead atoms. The van der Waals surface area contributed by atoms with Crippen LogP contribution in [0.25, 0.3) is 0 Å². The van der Waals surface area contributed by atoms with Gasteiger partial charge in [0.05, 0.1) is 0 Å². The molecule has 0 unspecified atom stereocenters. The van der Waals surface area contributed by atoms with Crippen LogP contribution in [0.1, 0.15) is 5.56 Å². The van der Waals surface area contributed by atoms with E-state index in [-0.39, 0.29) is 12.8 Å². The fraction of sp³-hybridized carbons (Fsp3) is 0.364. The zero-order valence-corrected chi connectivity index (χ0v) is 10.9. The van der Waals surface area contributed by atoms with Gasteiger partial charge in [-0.1, -0.05) is 29.3 Å². The van der Waals surface area contributed by atoms with Crippen molar-refractivity contribution in [3.05, 3.63) is 33.8 Å². The number of halogens is 2. The molecule has 94 valence electrons. The highest BCUT2D eigenvalue weighted by atomic mass is 35.5. The molecule has 1 rings (SSSR count). The lowest BCUT2D eigenvalue weighted by Gasteiger charge is -2.08. The summed E-state index contributed by atoms with van der Waals surface area (Å²) in [5.41, 5.74) is 0.947. The van der Waals surface area contributed by atoms with Crippen LogP contribution in [0.2, 0.25) is 10.0 Å². The van der Waals surface area contributed by atoms with Crippen LogP contribution in [0.15, 0.2) is 18.2 Å². The van der Waals surface area contributed by atoms with Crippen LogP contribution in [0.3, 0.4) is 0 Å². The number of amides is 2. The van der Waals surface area contributed by atoms with Crippen LogP contribution in [0, 0.1) is 0 Å². The molecule has 0 radical (unpaired) electrons. The highest BCUT2D eigenvalue weighted by molar-refractivity contribution is 6.35. The molecule has 1 aromatic rings. The molecule has 2 amide bonds. The van der Waals surface area contributed by atoms with E-state index in [2.05, 4.69) is 10.6 Å². The lowest BCUT2D eigenvalue weighted by Crippen LogP contribution is -2.37. The Balaban J connectivity index is 2.33. The van der Waals surface area contributed by atoms with Gasteiger partial charge in [-0.3, -0.25) is 0 Å². The Kier molecular flexibility index (Phi) is 6.11. The van der Waals surface area contributed by atoms with Crippen LogP contribution in [0.4, 0.5) is 4.79 Å². The molecule has 0 aliphatic carbocycles. The minimum atomic E-state index is -0.267. The van der Waals surface area contributed by atoms with Crippen LogP contribution in [-0.2, 0) is 11.2 Å². The van der Waals surface area contributed by atoms with Crippen LogP contribution < -0.4 is 10.6 Å². The second-order valence-corrected chi connectivity index (χ2v) is 4.20. The average molecular weight is 277 g/mol. The molecule has 1 aromatic carbocycles. The van der Waals surface area contributed by atoms with Gasteiger partial charge in [0.1, 0.15) is 6.73 Å². The second-order valence-electron chi connectivity index (χ2n) is 3.35. The van der Waals surface area contributed by atoms with Gasteiger partial charge in [-0.15, -0.1) is 0 Å². The van der Waals surface area contributed by atoms with E-state index in [4.69, 9.17) is 27.9 Å². The van der Waals surface area contributed by atoms with E-state index in [0.717, 1.165) is 5.56 Å². The fourth-order valence-corrected chi connectivity index (χ4v) is 1.74. The summed E-state index contributed by atoms with van der Waals surface area (Å²) in [6, 6.07) is 5.04. The first-order valence-electron chi connectivity index (χ1n) is 5.08. The predicted octanol–water partition coefficient (Wildman–Crippen LogP) is 2.44. The standard InChI is InChI=1S/C11H14Cl2N2O2/c1-17-7-15-11(16)14-5-4-8-2-3-9(12)6-10(8)13/h2-3,6H,4-5,7H2,1H3,(H2,14,15,16). The molecule has 0 aliphatic heterocycles. The number of nitrogens with one attached hydrogen (secondary N) is 2. The number of rotatable bonds is 5. The normalized spacial score (nSPS) is 10.1. The third-order valence-electron chi connectivity index (χ3n) is 2.07. The molecular formula is C11H14Cl2N2O2. The molecule has 4 nitrogen and oxygen atoms in total. The Morgan fingerprint density at radius 2 is 2.12 bits per heavy atom. The molecular weight excluding hydrogens is 263 g/mol. The largest absolute Gasteiger partial charge is 0.364 e. The summed E-state index contributed by atoms with van der Waals surface area (Å²) in [6.45, 7) is 0.685. The molecule has 0 fully saturated rings. The summed E-state index contributed by atoms with van der Waals surface area (Å²) in [7, 11) is 1.51. The summed E-state index contributed by atoms with van der Waals surface area (Å²) in [5.74, 6) is 0. The van der Waals surface area contributed by atoms with Crippen molar-refractivity contribution in [2.75, 3.05) is 20.4 Å². The molecule has 0 aliphatic rings. The Labute approximate surface area is 110 Å². The molecule has 0 atom stereocenters. The molecule has 0 saturated heterocycles. The predicted molar refractivity (Wildman–Crippen MR) is 68.6 cm³/mol. The lowest BCUT2D eigenvalue weighted by atomic mass is 10.1. The number of hydrogen-bond acceptors (Lipinski definition) is 2. The number of hydrogen-bond donors (Lipinski definition) is 2. The third kappa shape index (κ3) is 5.26. The molecule has 2 N–H and O–H groups in total. The highest BCUT2D eigenvalue weighted by Crippen LogP contribution is 2.20. The van der Waals surface area contributed by atoms with Crippen molar-refractivity contribution in [1.29, 1.82) is 0 Å². The maximum atomic E-state index is 11.2. The SMILES string of the molecule is COCNC(=O)NCCc1ccc(Cl)cc1Cl. The number of carbonyl (C=O) groups excluding carboxylic acids is 1. The Morgan fingerprint density at radius 3 is 2.76 bits per heavy atom. The molecule has 0 saturated carbocycles.